The molecule has 0 radical (unpaired) electrons. The number of benzene rings is 1. The third-order valence-corrected chi connectivity index (χ3v) is 6.05. The topological polar surface area (TPSA) is 52.7 Å². The Morgan fingerprint density at radius 2 is 1.93 bits per heavy atom. The Balaban J connectivity index is 1.67. The van der Waals surface area contributed by atoms with Crippen molar-refractivity contribution in [3.8, 4) is 0 Å². The summed E-state index contributed by atoms with van der Waals surface area (Å²) in [5, 5.41) is 9.61. The number of hydrogen-bond acceptors (Lipinski definition) is 4. The first-order valence-corrected chi connectivity index (χ1v) is 10.7. The predicted octanol–water partition coefficient (Wildman–Crippen LogP) is 5.15. The highest BCUT2D eigenvalue weighted by Gasteiger charge is 2.17. The van der Waals surface area contributed by atoms with Gasteiger partial charge in [-0.25, -0.2) is 0 Å². The molecule has 0 unspecified atom stereocenters. The van der Waals surface area contributed by atoms with Gasteiger partial charge >= 0.3 is 0 Å². The number of carbonyl (C=O) groups excluding carboxylic acids is 1. The van der Waals surface area contributed by atoms with Gasteiger partial charge in [0, 0.05) is 34.6 Å². The first-order valence-electron chi connectivity index (χ1n) is 9.33. The van der Waals surface area contributed by atoms with E-state index in [2.05, 4.69) is 28.6 Å². The molecule has 28 heavy (non-hydrogen) atoms. The maximum atomic E-state index is 12.8. The van der Waals surface area contributed by atoms with Crippen molar-refractivity contribution in [2.24, 2.45) is 0 Å². The van der Waals surface area contributed by atoms with E-state index in [1.54, 1.807) is 6.33 Å². The molecule has 0 N–H and O–H groups in total. The normalized spacial score (nSPS) is 11.4. The third kappa shape index (κ3) is 4.67. The number of rotatable bonds is 8. The van der Waals surface area contributed by atoms with Crippen LogP contribution in [-0.4, -0.2) is 30.9 Å². The first-order chi connectivity index (χ1) is 13.4. The first kappa shape index (κ1) is 20.7. The summed E-state index contributed by atoms with van der Waals surface area (Å²) in [6.45, 7) is 9.05. The van der Waals surface area contributed by atoms with Crippen molar-refractivity contribution in [2.75, 3.05) is 5.75 Å². The van der Waals surface area contributed by atoms with Crippen LogP contribution in [0.4, 0.5) is 0 Å². The fraction of sp³-hybridized carbons (Fsp3) is 0.381. The van der Waals surface area contributed by atoms with Gasteiger partial charge in [-0.3, -0.25) is 4.79 Å². The highest BCUT2D eigenvalue weighted by molar-refractivity contribution is 7.99. The lowest BCUT2D eigenvalue weighted by atomic mass is 10.1. The van der Waals surface area contributed by atoms with Crippen molar-refractivity contribution >= 4 is 29.1 Å². The summed E-state index contributed by atoms with van der Waals surface area (Å²) in [5.41, 5.74) is 4.14. The highest BCUT2D eigenvalue weighted by atomic mass is 35.5. The number of nitrogens with zero attached hydrogens (tertiary/aromatic N) is 4. The molecule has 0 aliphatic heterocycles. The number of aryl methyl sites for hydroxylation is 2. The van der Waals surface area contributed by atoms with Crippen LogP contribution in [0.25, 0.3) is 0 Å². The minimum absolute atomic E-state index is 0.120. The van der Waals surface area contributed by atoms with E-state index in [4.69, 9.17) is 11.6 Å². The van der Waals surface area contributed by atoms with Crippen LogP contribution in [0.3, 0.4) is 0 Å². The molecule has 0 bridgehead atoms. The van der Waals surface area contributed by atoms with Gasteiger partial charge in [-0.1, -0.05) is 35.5 Å². The second-order valence-electron chi connectivity index (χ2n) is 7.14. The summed E-state index contributed by atoms with van der Waals surface area (Å²) >= 11 is 7.39. The second-order valence-corrected chi connectivity index (χ2v) is 8.52. The van der Waals surface area contributed by atoms with E-state index in [1.807, 2.05) is 48.7 Å². The monoisotopic (exact) mass is 416 g/mol. The molecule has 3 aromatic rings. The van der Waals surface area contributed by atoms with Crippen molar-refractivity contribution in [1.82, 2.24) is 19.3 Å². The second kappa shape index (κ2) is 8.97. The summed E-state index contributed by atoms with van der Waals surface area (Å²) in [5.74, 6) is 0.474. The van der Waals surface area contributed by atoms with Crippen LogP contribution in [0.2, 0.25) is 5.02 Å². The van der Waals surface area contributed by atoms with E-state index in [-0.39, 0.29) is 11.8 Å². The van der Waals surface area contributed by atoms with E-state index in [0.29, 0.717) is 5.75 Å². The van der Waals surface area contributed by atoms with Gasteiger partial charge in [0.15, 0.2) is 10.9 Å². The molecule has 0 fully saturated rings. The lowest BCUT2D eigenvalue weighted by Gasteiger charge is -2.10. The number of hydrogen-bond donors (Lipinski definition) is 0. The largest absolute Gasteiger partial charge is 0.348 e. The van der Waals surface area contributed by atoms with Gasteiger partial charge in [-0.2, -0.15) is 0 Å². The van der Waals surface area contributed by atoms with Crippen molar-refractivity contribution in [1.29, 1.82) is 0 Å². The van der Waals surface area contributed by atoms with Crippen LogP contribution >= 0.6 is 23.4 Å². The van der Waals surface area contributed by atoms with Gasteiger partial charge in [0.1, 0.15) is 6.33 Å². The van der Waals surface area contributed by atoms with Crippen LogP contribution in [0, 0.1) is 13.8 Å². The average Bonchev–Trinajstić information content (AvgIpc) is 3.24. The summed E-state index contributed by atoms with van der Waals surface area (Å²) in [7, 11) is 0. The number of aromatic nitrogens is 4. The van der Waals surface area contributed by atoms with Crippen LogP contribution in [-0.2, 0) is 13.0 Å². The van der Waals surface area contributed by atoms with Crippen molar-refractivity contribution in [3.05, 3.63) is 64.2 Å². The highest BCUT2D eigenvalue weighted by Crippen LogP contribution is 2.23. The van der Waals surface area contributed by atoms with Crippen molar-refractivity contribution in [3.63, 3.8) is 0 Å². The molecule has 0 atom stereocenters. The van der Waals surface area contributed by atoms with E-state index in [0.717, 1.165) is 40.1 Å². The van der Waals surface area contributed by atoms with Gasteiger partial charge in [0.2, 0.25) is 0 Å². The van der Waals surface area contributed by atoms with Crippen LogP contribution < -0.4 is 0 Å². The zero-order valence-electron chi connectivity index (χ0n) is 16.6. The Bertz CT molecular complexity index is 959. The molecule has 148 valence electrons. The number of thioether (sulfide) groups is 1. The van der Waals surface area contributed by atoms with E-state index in [1.165, 1.54) is 17.3 Å². The quantitative estimate of drug-likeness (QED) is 0.376. The maximum Gasteiger partial charge on any atom is 0.191 e. The molecule has 7 heteroatoms. The van der Waals surface area contributed by atoms with Gasteiger partial charge in [-0.05, 0) is 57.9 Å². The fourth-order valence-electron chi connectivity index (χ4n) is 3.22. The zero-order chi connectivity index (χ0) is 20.3. The molecule has 0 spiro atoms. The number of Topliss-reactive ketones (excluding diaryl/α,β-unsaturated/α-hetero) is 1. The molecule has 3 rings (SSSR count). The summed E-state index contributed by atoms with van der Waals surface area (Å²) in [6, 6.07) is 10.2. The minimum Gasteiger partial charge on any atom is -0.348 e. The van der Waals surface area contributed by atoms with Crippen molar-refractivity contribution in [2.45, 2.75) is 51.9 Å². The Kier molecular flexibility index (Phi) is 6.62. The minimum atomic E-state index is 0.120. The molecule has 2 heterocycles. The lowest BCUT2D eigenvalue weighted by Crippen LogP contribution is -2.09. The summed E-state index contributed by atoms with van der Waals surface area (Å²) in [4.78, 5) is 12.8. The molecule has 0 aliphatic carbocycles. The standard InChI is InChI=1S/C21H25ClN4OS/c1-14(2)26-13-23-24-21(26)28-12-20(27)19-11-15(3)25(16(19)4)10-9-17-5-7-18(22)8-6-17/h5-8,11,13-14H,9-10,12H2,1-4H3. The fourth-order valence-corrected chi connectivity index (χ4v) is 4.27. The average molecular weight is 417 g/mol. The Hall–Kier alpha value is -2.05. The van der Waals surface area contributed by atoms with Gasteiger partial charge < -0.3 is 9.13 Å². The zero-order valence-corrected chi connectivity index (χ0v) is 18.2. The number of carbonyl (C=O) groups is 1. The lowest BCUT2D eigenvalue weighted by molar-refractivity contribution is 0.102. The molecular weight excluding hydrogens is 392 g/mol. The SMILES string of the molecule is Cc1cc(C(=O)CSc2nncn2C(C)C)c(C)n1CCc1ccc(Cl)cc1. The summed E-state index contributed by atoms with van der Waals surface area (Å²) in [6.07, 6.45) is 2.60. The maximum absolute atomic E-state index is 12.8. The number of halogens is 1. The van der Waals surface area contributed by atoms with E-state index >= 15 is 0 Å². The van der Waals surface area contributed by atoms with Crippen molar-refractivity contribution < 1.29 is 4.79 Å². The molecule has 0 amide bonds. The smallest absolute Gasteiger partial charge is 0.191 e. The number of ketones is 1. The van der Waals surface area contributed by atoms with E-state index in [9.17, 15) is 4.79 Å². The molecular formula is C21H25ClN4OS. The van der Waals surface area contributed by atoms with Gasteiger partial charge in [-0.15, -0.1) is 10.2 Å². The predicted molar refractivity (Wildman–Crippen MR) is 115 cm³/mol. The molecule has 0 saturated heterocycles. The van der Waals surface area contributed by atoms with Crippen LogP contribution in [0.1, 0.15) is 47.2 Å². The Morgan fingerprint density at radius 1 is 1.21 bits per heavy atom. The van der Waals surface area contributed by atoms with Gasteiger partial charge in [0.05, 0.1) is 5.75 Å². The molecule has 1 aromatic carbocycles. The van der Waals surface area contributed by atoms with Crippen LogP contribution in [0.5, 0.6) is 0 Å². The molecule has 0 aliphatic rings. The third-order valence-electron chi connectivity index (χ3n) is 4.84. The molecule has 2 aromatic heterocycles. The Morgan fingerprint density at radius 3 is 2.61 bits per heavy atom. The van der Waals surface area contributed by atoms with E-state index < -0.39 is 0 Å². The Labute approximate surface area is 175 Å². The van der Waals surface area contributed by atoms with Gasteiger partial charge in [0.25, 0.3) is 0 Å². The summed E-state index contributed by atoms with van der Waals surface area (Å²) < 4.78 is 4.19. The van der Waals surface area contributed by atoms with Crippen LogP contribution in [0.15, 0.2) is 41.8 Å². The molecule has 0 saturated carbocycles. The molecule has 5 nitrogen and oxygen atoms in total.